The van der Waals surface area contributed by atoms with Crippen LogP contribution in [0.3, 0.4) is 0 Å². The Morgan fingerprint density at radius 1 is 1.23 bits per heavy atom. The van der Waals surface area contributed by atoms with Crippen LogP contribution in [-0.4, -0.2) is 31.6 Å². The second-order valence-electron chi connectivity index (χ2n) is 4.12. The summed E-state index contributed by atoms with van der Waals surface area (Å²) in [6, 6.07) is 5.77. The molecule has 0 aromatic heterocycles. The maximum Gasteiger partial charge on any atom is 0.328 e. The Labute approximate surface area is 125 Å². The predicted molar refractivity (Wildman–Crippen MR) is 73.8 cm³/mol. The second kappa shape index (κ2) is 6.41. The third kappa shape index (κ3) is 3.04. The van der Waals surface area contributed by atoms with Gasteiger partial charge in [0, 0.05) is 5.56 Å². The molecule has 112 valence electrons. The minimum atomic E-state index is -0.876. The van der Waals surface area contributed by atoms with Crippen molar-refractivity contribution in [3.63, 3.8) is 0 Å². The number of barbiturate groups is 1. The van der Waals surface area contributed by atoms with Crippen molar-refractivity contribution in [1.82, 2.24) is 10.6 Å². The van der Waals surface area contributed by atoms with E-state index in [9.17, 15) is 14.4 Å². The number of benzene rings is 1. The Balaban J connectivity index is 2.46. The van der Waals surface area contributed by atoms with Gasteiger partial charge in [-0.15, -0.1) is 0 Å². The summed E-state index contributed by atoms with van der Waals surface area (Å²) in [6.45, 7) is -0.229. The second-order valence-corrected chi connectivity index (χ2v) is 4.12. The molecule has 1 aromatic rings. The summed E-state index contributed by atoms with van der Waals surface area (Å²) in [6.07, 6.45) is 1.26. The maximum atomic E-state index is 11.7. The molecule has 1 aliphatic rings. The third-order valence-corrected chi connectivity index (χ3v) is 2.75. The van der Waals surface area contributed by atoms with E-state index in [0.717, 1.165) is 0 Å². The van der Waals surface area contributed by atoms with Crippen LogP contribution >= 0.6 is 0 Å². The lowest BCUT2D eigenvalue weighted by Gasteiger charge is -2.15. The highest BCUT2D eigenvalue weighted by Gasteiger charge is 2.28. The SMILES string of the molecule is COc1cccc(C=C2C(=O)NC(=O)NC2=O)c1OCC#N. The van der Waals surface area contributed by atoms with E-state index in [0.29, 0.717) is 11.3 Å². The summed E-state index contributed by atoms with van der Waals surface area (Å²) in [7, 11) is 1.42. The van der Waals surface area contributed by atoms with Crippen molar-refractivity contribution >= 4 is 23.9 Å². The Hall–Kier alpha value is -3.34. The average Bonchev–Trinajstić information content (AvgIpc) is 2.49. The van der Waals surface area contributed by atoms with Gasteiger partial charge in [0.15, 0.2) is 18.1 Å². The number of nitriles is 1. The molecule has 1 aliphatic heterocycles. The summed E-state index contributed by atoms with van der Waals surface area (Å²) in [5.74, 6) is -1.07. The standard InChI is InChI=1S/C14H11N3O5/c1-21-10-4-2-3-8(11(10)22-6-5-15)7-9-12(18)16-14(20)17-13(9)19/h2-4,7H,6H2,1H3,(H2,16,17,18,19,20). The number of hydrogen-bond donors (Lipinski definition) is 2. The van der Waals surface area contributed by atoms with Crippen LogP contribution in [0.4, 0.5) is 4.79 Å². The lowest BCUT2D eigenvalue weighted by Crippen LogP contribution is -2.51. The van der Waals surface area contributed by atoms with Gasteiger partial charge in [0.05, 0.1) is 7.11 Å². The molecule has 0 atom stereocenters. The molecule has 0 unspecified atom stereocenters. The highest BCUT2D eigenvalue weighted by molar-refractivity contribution is 6.31. The van der Waals surface area contributed by atoms with Crippen molar-refractivity contribution in [2.24, 2.45) is 0 Å². The largest absolute Gasteiger partial charge is 0.493 e. The van der Waals surface area contributed by atoms with Gasteiger partial charge in [-0.1, -0.05) is 12.1 Å². The molecule has 1 saturated heterocycles. The Bertz CT molecular complexity index is 696. The van der Waals surface area contributed by atoms with Crippen LogP contribution in [0, 0.1) is 11.3 Å². The Morgan fingerprint density at radius 2 is 1.91 bits per heavy atom. The van der Waals surface area contributed by atoms with Gasteiger partial charge in [-0.2, -0.15) is 5.26 Å². The number of carbonyl (C=O) groups excluding carboxylic acids is 3. The van der Waals surface area contributed by atoms with Crippen LogP contribution in [0.25, 0.3) is 6.08 Å². The number of hydrogen-bond acceptors (Lipinski definition) is 6. The third-order valence-electron chi connectivity index (χ3n) is 2.75. The van der Waals surface area contributed by atoms with Gasteiger partial charge in [0.25, 0.3) is 11.8 Å². The van der Waals surface area contributed by atoms with E-state index < -0.39 is 17.8 Å². The fourth-order valence-electron chi connectivity index (χ4n) is 1.83. The predicted octanol–water partition coefficient (Wildman–Crippen LogP) is 0.347. The normalized spacial score (nSPS) is 13.8. The zero-order chi connectivity index (χ0) is 16.1. The molecule has 2 rings (SSSR count). The molecule has 0 saturated carbocycles. The first-order chi connectivity index (χ1) is 10.6. The zero-order valence-electron chi connectivity index (χ0n) is 11.5. The zero-order valence-corrected chi connectivity index (χ0v) is 11.5. The van der Waals surface area contributed by atoms with Crippen LogP contribution < -0.4 is 20.1 Å². The minimum Gasteiger partial charge on any atom is -0.493 e. The number of ether oxygens (including phenoxy) is 2. The van der Waals surface area contributed by atoms with Crippen molar-refractivity contribution in [2.75, 3.05) is 13.7 Å². The molecular weight excluding hydrogens is 290 g/mol. The lowest BCUT2D eigenvalue weighted by atomic mass is 10.1. The number of imide groups is 2. The molecule has 0 aliphatic carbocycles. The van der Waals surface area contributed by atoms with E-state index in [2.05, 4.69) is 0 Å². The molecule has 8 heteroatoms. The van der Waals surface area contributed by atoms with Crippen LogP contribution in [0.2, 0.25) is 0 Å². The monoisotopic (exact) mass is 301 g/mol. The number of nitrogens with one attached hydrogen (secondary N) is 2. The fourth-order valence-corrected chi connectivity index (χ4v) is 1.83. The van der Waals surface area contributed by atoms with Crippen molar-refractivity contribution < 1.29 is 23.9 Å². The van der Waals surface area contributed by atoms with Crippen molar-refractivity contribution in [3.8, 4) is 17.6 Å². The van der Waals surface area contributed by atoms with E-state index in [-0.39, 0.29) is 17.9 Å². The van der Waals surface area contributed by atoms with Gasteiger partial charge in [-0.3, -0.25) is 20.2 Å². The Morgan fingerprint density at radius 3 is 2.50 bits per heavy atom. The molecule has 22 heavy (non-hydrogen) atoms. The summed E-state index contributed by atoms with van der Waals surface area (Å²) in [5, 5.41) is 12.6. The smallest absolute Gasteiger partial charge is 0.328 e. The first-order valence-electron chi connectivity index (χ1n) is 6.12. The van der Waals surface area contributed by atoms with E-state index in [4.69, 9.17) is 14.7 Å². The summed E-state index contributed by atoms with van der Waals surface area (Å²) < 4.78 is 10.4. The Kier molecular flexibility index (Phi) is 4.38. The molecule has 8 nitrogen and oxygen atoms in total. The summed E-state index contributed by atoms with van der Waals surface area (Å²) >= 11 is 0. The topological polar surface area (TPSA) is 118 Å². The fraction of sp³-hybridized carbons (Fsp3) is 0.143. The van der Waals surface area contributed by atoms with E-state index in [1.165, 1.54) is 13.2 Å². The van der Waals surface area contributed by atoms with Crippen LogP contribution in [0.5, 0.6) is 11.5 Å². The van der Waals surface area contributed by atoms with E-state index in [1.807, 2.05) is 16.7 Å². The summed E-state index contributed by atoms with van der Waals surface area (Å²) in [4.78, 5) is 34.4. The first-order valence-corrected chi connectivity index (χ1v) is 6.12. The van der Waals surface area contributed by atoms with Gasteiger partial charge in [0.2, 0.25) is 0 Å². The van der Waals surface area contributed by atoms with E-state index >= 15 is 0 Å². The van der Waals surface area contributed by atoms with Gasteiger partial charge in [0.1, 0.15) is 11.6 Å². The number of carbonyl (C=O) groups is 3. The van der Waals surface area contributed by atoms with Gasteiger partial charge >= 0.3 is 6.03 Å². The molecule has 2 N–H and O–H groups in total. The number of urea groups is 1. The van der Waals surface area contributed by atoms with Crippen LogP contribution in [0.15, 0.2) is 23.8 Å². The average molecular weight is 301 g/mol. The molecule has 0 radical (unpaired) electrons. The highest BCUT2D eigenvalue weighted by Crippen LogP contribution is 2.32. The first kappa shape index (κ1) is 15.1. The van der Waals surface area contributed by atoms with Crippen LogP contribution in [0.1, 0.15) is 5.56 Å². The van der Waals surface area contributed by atoms with Crippen molar-refractivity contribution in [1.29, 1.82) is 5.26 Å². The number of para-hydroxylation sites is 1. The molecule has 4 amide bonds. The molecule has 1 heterocycles. The lowest BCUT2D eigenvalue weighted by molar-refractivity contribution is -0.123. The van der Waals surface area contributed by atoms with E-state index in [1.54, 1.807) is 18.2 Å². The molecule has 0 bridgehead atoms. The number of methoxy groups -OCH3 is 1. The molecular formula is C14H11N3O5. The molecule has 1 fully saturated rings. The minimum absolute atomic E-state index is 0.219. The molecule has 1 aromatic carbocycles. The van der Waals surface area contributed by atoms with Crippen molar-refractivity contribution in [2.45, 2.75) is 0 Å². The number of nitrogens with zero attached hydrogens (tertiary/aromatic N) is 1. The maximum absolute atomic E-state index is 11.7. The van der Waals surface area contributed by atoms with Crippen LogP contribution in [-0.2, 0) is 9.59 Å². The van der Waals surface area contributed by atoms with Crippen molar-refractivity contribution in [3.05, 3.63) is 29.3 Å². The number of amides is 4. The van der Waals surface area contributed by atoms with Gasteiger partial charge < -0.3 is 9.47 Å². The van der Waals surface area contributed by atoms with Gasteiger partial charge in [-0.25, -0.2) is 4.79 Å². The molecule has 0 spiro atoms. The summed E-state index contributed by atoms with van der Waals surface area (Å²) in [5.41, 5.74) is 0.110. The number of rotatable bonds is 4. The quantitative estimate of drug-likeness (QED) is 0.612. The van der Waals surface area contributed by atoms with Gasteiger partial charge in [-0.05, 0) is 12.1 Å². The highest BCUT2D eigenvalue weighted by atomic mass is 16.5.